The molecule has 0 aliphatic heterocycles. The second-order valence-electron chi connectivity index (χ2n) is 5.42. The highest BCUT2D eigenvalue weighted by Crippen LogP contribution is 2.18. The predicted octanol–water partition coefficient (Wildman–Crippen LogP) is 2.68. The van der Waals surface area contributed by atoms with Crippen molar-refractivity contribution >= 4 is 11.5 Å². The highest BCUT2D eigenvalue weighted by atomic mass is 16.3. The minimum absolute atomic E-state index is 0.0848. The summed E-state index contributed by atoms with van der Waals surface area (Å²) >= 11 is 0. The summed E-state index contributed by atoms with van der Waals surface area (Å²) < 4.78 is 0. The van der Waals surface area contributed by atoms with Crippen molar-refractivity contribution in [3.63, 3.8) is 0 Å². The number of carbonyl (C=O) groups excluding carboxylic acids is 1. The highest BCUT2D eigenvalue weighted by Gasteiger charge is 2.18. The molecule has 0 unspecified atom stereocenters. The van der Waals surface area contributed by atoms with Gasteiger partial charge in [0.25, 0.3) is 0 Å². The molecule has 0 heterocycles. The number of nitrogens with one attached hydrogen (secondary N) is 1. The second-order valence-corrected chi connectivity index (χ2v) is 5.42. The van der Waals surface area contributed by atoms with Crippen LogP contribution in [-0.4, -0.2) is 23.2 Å². The van der Waals surface area contributed by atoms with E-state index in [0.717, 1.165) is 17.6 Å². The maximum atomic E-state index is 11.9. The van der Waals surface area contributed by atoms with E-state index < -0.39 is 5.54 Å². The van der Waals surface area contributed by atoms with E-state index in [1.54, 1.807) is 19.9 Å². The van der Waals surface area contributed by atoms with Crippen molar-refractivity contribution in [2.24, 2.45) is 0 Å². The number of hydrogen-bond donors (Lipinski definition) is 2. The van der Waals surface area contributed by atoms with Crippen molar-refractivity contribution < 1.29 is 9.90 Å². The Labute approximate surface area is 115 Å². The van der Waals surface area contributed by atoms with Gasteiger partial charge in [-0.05, 0) is 38.3 Å². The van der Waals surface area contributed by atoms with Crippen molar-refractivity contribution in [2.45, 2.75) is 39.7 Å². The fraction of sp³-hybridized carbons (Fsp3) is 0.438. The fourth-order valence-corrected chi connectivity index (χ4v) is 1.72. The van der Waals surface area contributed by atoms with E-state index in [2.05, 4.69) is 5.32 Å². The number of amides is 1. The van der Waals surface area contributed by atoms with E-state index in [1.165, 1.54) is 5.56 Å². The van der Waals surface area contributed by atoms with Crippen molar-refractivity contribution in [2.75, 3.05) is 6.61 Å². The molecule has 0 bridgehead atoms. The molecule has 19 heavy (non-hydrogen) atoms. The smallest absolute Gasteiger partial charge is 0.244 e. The third kappa shape index (κ3) is 4.87. The maximum absolute atomic E-state index is 11.9. The Morgan fingerprint density at radius 2 is 1.89 bits per heavy atom. The van der Waals surface area contributed by atoms with Crippen molar-refractivity contribution in [3.8, 4) is 0 Å². The molecule has 2 N–H and O–H groups in total. The number of aliphatic hydroxyl groups is 1. The molecule has 1 aromatic rings. The Bertz CT molecular complexity index is 458. The first-order valence-corrected chi connectivity index (χ1v) is 6.58. The molecule has 3 heteroatoms. The molecule has 0 saturated carbocycles. The first-order chi connectivity index (χ1) is 8.88. The van der Waals surface area contributed by atoms with Crippen LogP contribution in [0.1, 0.15) is 38.3 Å². The summed E-state index contributed by atoms with van der Waals surface area (Å²) in [6, 6.07) is 8.12. The van der Waals surface area contributed by atoms with E-state index >= 15 is 0 Å². The first-order valence-electron chi connectivity index (χ1n) is 6.58. The molecule has 1 amide bonds. The SMILES string of the molecule is CC/C(=C/C(=O)NC(C)(C)CO)c1ccc(C)cc1. The maximum Gasteiger partial charge on any atom is 0.244 e. The Kier molecular flexibility index (Phi) is 5.31. The van der Waals surface area contributed by atoms with Crippen LogP contribution in [0.25, 0.3) is 5.57 Å². The molecule has 0 radical (unpaired) electrons. The lowest BCUT2D eigenvalue weighted by Crippen LogP contribution is -2.45. The summed E-state index contributed by atoms with van der Waals surface area (Å²) in [6.07, 6.45) is 2.40. The normalized spacial score (nSPS) is 12.4. The van der Waals surface area contributed by atoms with Gasteiger partial charge in [-0.1, -0.05) is 36.8 Å². The first kappa shape index (κ1) is 15.4. The van der Waals surface area contributed by atoms with Gasteiger partial charge in [-0.2, -0.15) is 0 Å². The summed E-state index contributed by atoms with van der Waals surface area (Å²) in [5, 5.41) is 11.9. The van der Waals surface area contributed by atoms with Crippen LogP contribution in [0.15, 0.2) is 30.3 Å². The second kappa shape index (κ2) is 6.53. The highest BCUT2D eigenvalue weighted by molar-refractivity contribution is 5.95. The number of carbonyl (C=O) groups is 1. The van der Waals surface area contributed by atoms with E-state index in [9.17, 15) is 4.79 Å². The molecule has 1 rings (SSSR count). The van der Waals surface area contributed by atoms with Crippen molar-refractivity contribution in [3.05, 3.63) is 41.5 Å². The van der Waals surface area contributed by atoms with E-state index in [-0.39, 0.29) is 12.5 Å². The number of rotatable bonds is 5. The summed E-state index contributed by atoms with van der Waals surface area (Å²) in [5.41, 5.74) is 2.65. The predicted molar refractivity (Wildman–Crippen MR) is 78.8 cm³/mol. The van der Waals surface area contributed by atoms with Crippen molar-refractivity contribution in [1.82, 2.24) is 5.32 Å². The molecular weight excluding hydrogens is 238 g/mol. The number of aliphatic hydroxyl groups excluding tert-OH is 1. The lowest BCUT2D eigenvalue weighted by atomic mass is 10.0. The fourth-order valence-electron chi connectivity index (χ4n) is 1.72. The van der Waals surface area contributed by atoms with Crippen LogP contribution in [0, 0.1) is 6.92 Å². The lowest BCUT2D eigenvalue weighted by molar-refractivity contribution is -0.118. The Hall–Kier alpha value is -1.61. The summed E-state index contributed by atoms with van der Waals surface area (Å²) in [6.45, 7) is 7.55. The Morgan fingerprint density at radius 3 is 2.37 bits per heavy atom. The Morgan fingerprint density at radius 1 is 1.32 bits per heavy atom. The zero-order valence-corrected chi connectivity index (χ0v) is 12.2. The van der Waals surface area contributed by atoms with Gasteiger partial charge in [0.2, 0.25) is 5.91 Å². The zero-order chi connectivity index (χ0) is 14.5. The molecule has 0 spiro atoms. The van der Waals surface area contributed by atoms with Crippen molar-refractivity contribution in [1.29, 1.82) is 0 Å². The molecular formula is C16H23NO2. The van der Waals surface area contributed by atoms with Gasteiger partial charge < -0.3 is 10.4 Å². The van der Waals surface area contributed by atoms with Crippen LogP contribution in [0.4, 0.5) is 0 Å². The number of benzene rings is 1. The van der Waals surface area contributed by atoms with E-state index in [4.69, 9.17) is 5.11 Å². The molecule has 0 aliphatic rings. The summed E-state index contributed by atoms with van der Waals surface area (Å²) in [5.74, 6) is -0.170. The van der Waals surface area contributed by atoms with Gasteiger partial charge in [0, 0.05) is 6.08 Å². The van der Waals surface area contributed by atoms with Gasteiger partial charge in [-0.25, -0.2) is 0 Å². The van der Waals surface area contributed by atoms with Crippen LogP contribution in [-0.2, 0) is 4.79 Å². The minimum Gasteiger partial charge on any atom is -0.394 e. The summed E-state index contributed by atoms with van der Waals surface area (Å²) in [4.78, 5) is 11.9. The Balaban J connectivity index is 2.88. The van der Waals surface area contributed by atoms with Crippen LogP contribution in [0.3, 0.4) is 0 Å². The van der Waals surface area contributed by atoms with Crippen LogP contribution in [0.5, 0.6) is 0 Å². The van der Waals surface area contributed by atoms with Crippen LogP contribution in [0.2, 0.25) is 0 Å². The summed E-state index contributed by atoms with van der Waals surface area (Å²) in [7, 11) is 0. The van der Waals surface area contributed by atoms with Crippen LogP contribution >= 0.6 is 0 Å². The monoisotopic (exact) mass is 261 g/mol. The average molecular weight is 261 g/mol. The lowest BCUT2D eigenvalue weighted by Gasteiger charge is -2.22. The molecule has 0 fully saturated rings. The molecule has 0 atom stereocenters. The molecule has 3 nitrogen and oxygen atoms in total. The van der Waals surface area contributed by atoms with Gasteiger partial charge in [0.15, 0.2) is 0 Å². The quantitative estimate of drug-likeness (QED) is 0.801. The largest absolute Gasteiger partial charge is 0.394 e. The number of allylic oxidation sites excluding steroid dienone is 1. The van der Waals surface area contributed by atoms with Gasteiger partial charge in [0.05, 0.1) is 12.1 Å². The number of aryl methyl sites for hydroxylation is 1. The van der Waals surface area contributed by atoms with Gasteiger partial charge in [-0.3, -0.25) is 4.79 Å². The van der Waals surface area contributed by atoms with Crippen LogP contribution < -0.4 is 5.32 Å². The standard InChI is InChI=1S/C16H23NO2/c1-5-13(14-8-6-12(2)7-9-14)10-15(19)17-16(3,4)11-18/h6-10,18H,5,11H2,1-4H3,(H,17,19)/b13-10-. The molecule has 104 valence electrons. The topological polar surface area (TPSA) is 49.3 Å². The van der Waals surface area contributed by atoms with E-state index in [0.29, 0.717) is 0 Å². The molecule has 0 aromatic heterocycles. The van der Waals surface area contributed by atoms with Gasteiger partial charge >= 0.3 is 0 Å². The third-order valence-electron chi connectivity index (χ3n) is 2.97. The van der Waals surface area contributed by atoms with Gasteiger partial charge in [0.1, 0.15) is 0 Å². The number of hydrogen-bond acceptors (Lipinski definition) is 2. The van der Waals surface area contributed by atoms with E-state index in [1.807, 2.05) is 38.1 Å². The zero-order valence-electron chi connectivity index (χ0n) is 12.2. The molecule has 1 aromatic carbocycles. The minimum atomic E-state index is -0.598. The third-order valence-corrected chi connectivity index (χ3v) is 2.97. The van der Waals surface area contributed by atoms with Gasteiger partial charge in [-0.15, -0.1) is 0 Å². The average Bonchev–Trinajstić information content (AvgIpc) is 2.36. The molecule has 0 saturated heterocycles. The molecule has 0 aliphatic carbocycles.